The van der Waals surface area contributed by atoms with Crippen LogP contribution in [0.15, 0.2) is 48.5 Å². The minimum atomic E-state index is -4.52. The standard InChI is InChI=1S/C18H15ClF3NO4/c1-11(17(25)23-14-7-5-13(19)6-8-14)27-16(24)10-26-15-4-2-3-12(9-15)18(20,21)22/h2-9,11H,10H2,1H3,(H,23,25)/t11-/m0/s1. The summed E-state index contributed by atoms with van der Waals surface area (Å²) < 4.78 is 47.8. The van der Waals surface area contributed by atoms with Crippen LogP contribution in [0.2, 0.25) is 5.02 Å². The van der Waals surface area contributed by atoms with Crippen molar-refractivity contribution >= 4 is 29.2 Å². The number of anilines is 1. The summed E-state index contributed by atoms with van der Waals surface area (Å²) in [5.74, 6) is -1.61. The molecule has 0 aliphatic heterocycles. The predicted octanol–water partition coefficient (Wildman–Crippen LogP) is 4.31. The normalized spacial score (nSPS) is 12.2. The van der Waals surface area contributed by atoms with Crippen molar-refractivity contribution < 1.29 is 32.2 Å². The first-order valence-electron chi connectivity index (χ1n) is 7.71. The largest absolute Gasteiger partial charge is 0.482 e. The van der Waals surface area contributed by atoms with Gasteiger partial charge in [-0.3, -0.25) is 4.79 Å². The molecule has 2 rings (SSSR count). The lowest BCUT2D eigenvalue weighted by Crippen LogP contribution is -2.31. The van der Waals surface area contributed by atoms with E-state index in [-0.39, 0.29) is 5.75 Å². The van der Waals surface area contributed by atoms with Gasteiger partial charge in [-0.15, -0.1) is 0 Å². The lowest BCUT2D eigenvalue weighted by atomic mass is 10.2. The Bertz CT molecular complexity index is 809. The minimum Gasteiger partial charge on any atom is -0.482 e. The summed E-state index contributed by atoms with van der Waals surface area (Å²) in [7, 11) is 0. The van der Waals surface area contributed by atoms with Crippen molar-refractivity contribution in [1.29, 1.82) is 0 Å². The zero-order valence-corrected chi connectivity index (χ0v) is 14.8. The Kier molecular flexibility index (Phi) is 6.68. The third-order valence-corrected chi connectivity index (χ3v) is 3.56. The smallest absolute Gasteiger partial charge is 0.416 e. The number of rotatable bonds is 6. The van der Waals surface area contributed by atoms with Gasteiger partial charge >= 0.3 is 12.1 Å². The second-order valence-electron chi connectivity index (χ2n) is 5.44. The Morgan fingerprint density at radius 3 is 2.44 bits per heavy atom. The topological polar surface area (TPSA) is 64.6 Å². The lowest BCUT2D eigenvalue weighted by Gasteiger charge is -2.14. The molecule has 0 unspecified atom stereocenters. The molecule has 1 atom stereocenters. The van der Waals surface area contributed by atoms with E-state index in [1.54, 1.807) is 24.3 Å². The number of hydrogen-bond acceptors (Lipinski definition) is 4. The second-order valence-corrected chi connectivity index (χ2v) is 5.88. The van der Waals surface area contributed by atoms with Crippen LogP contribution in [0.1, 0.15) is 12.5 Å². The summed E-state index contributed by atoms with van der Waals surface area (Å²) in [6, 6.07) is 10.4. The first-order chi connectivity index (χ1) is 12.6. The molecule has 1 amide bonds. The van der Waals surface area contributed by atoms with Crippen LogP contribution in [0.3, 0.4) is 0 Å². The number of alkyl halides is 3. The number of benzene rings is 2. The van der Waals surface area contributed by atoms with Crippen LogP contribution in [0.25, 0.3) is 0 Å². The highest BCUT2D eigenvalue weighted by atomic mass is 35.5. The number of carbonyl (C=O) groups is 2. The summed E-state index contributed by atoms with van der Waals surface area (Å²) in [6.45, 7) is 0.716. The summed E-state index contributed by atoms with van der Waals surface area (Å²) in [5.41, 5.74) is -0.434. The van der Waals surface area contributed by atoms with E-state index in [0.717, 1.165) is 18.2 Å². The number of esters is 1. The number of ether oxygens (including phenoxy) is 2. The van der Waals surface area contributed by atoms with Crippen LogP contribution >= 0.6 is 11.6 Å². The first kappa shape index (κ1) is 20.6. The van der Waals surface area contributed by atoms with Crippen LogP contribution in [0, 0.1) is 0 Å². The lowest BCUT2D eigenvalue weighted by molar-refractivity contribution is -0.155. The average Bonchev–Trinajstić information content (AvgIpc) is 2.61. The Morgan fingerprint density at radius 2 is 1.81 bits per heavy atom. The Hall–Kier alpha value is -2.74. The predicted molar refractivity (Wildman–Crippen MR) is 92.6 cm³/mol. The highest BCUT2D eigenvalue weighted by Gasteiger charge is 2.30. The molecule has 0 aromatic heterocycles. The summed E-state index contributed by atoms with van der Waals surface area (Å²) >= 11 is 5.74. The maximum absolute atomic E-state index is 12.6. The fourth-order valence-corrected chi connectivity index (χ4v) is 2.09. The molecule has 144 valence electrons. The molecule has 2 aromatic carbocycles. The highest BCUT2D eigenvalue weighted by Crippen LogP contribution is 2.31. The number of carbonyl (C=O) groups excluding carboxylic acids is 2. The molecule has 27 heavy (non-hydrogen) atoms. The van der Waals surface area contributed by atoms with E-state index in [9.17, 15) is 22.8 Å². The Morgan fingerprint density at radius 1 is 1.15 bits per heavy atom. The summed E-state index contributed by atoms with van der Waals surface area (Å²) in [5, 5.41) is 3.03. The molecule has 0 fully saturated rings. The van der Waals surface area contributed by atoms with E-state index in [4.69, 9.17) is 21.1 Å². The van der Waals surface area contributed by atoms with E-state index < -0.39 is 36.3 Å². The highest BCUT2D eigenvalue weighted by molar-refractivity contribution is 6.30. The maximum atomic E-state index is 12.6. The Labute approximate surface area is 158 Å². The molecule has 0 saturated heterocycles. The van der Waals surface area contributed by atoms with Crippen LogP contribution < -0.4 is 10.1 Å². The third kappa shape index (κ3) is 6.49. The van der Waals surface area contributed by atoms with E-state index >= 15 is 0 Å². The molecule has 0 aliphatic carbocycles. The van der Waals surface area contributed by atoms with Gasteiger partial charge in [-0.25, -0.2) is 4.79 Å². The van der Waals surface area contributed by atoms with Gasteiger partial charge in [0, 0.05) is 10.7 Å². The second kappa shape index (κ2) is 8.77. The van der Waals surface area contributed by atoms with Gasteiger partial charge in [-0.2, -0.15) is 13.2 Å². The number of amides is 1. The van der Waals surface area contributed by atoms with Crippen molar-refractivity contribution in [2.75, 3.05) is 11.9 Å². The number of halogens is 4. The molecule has 0 spiro atoms. The van der Waals surface area contributed by atoms with Crippen molar-refractivity contribution in [3.63, 3.8) is 0 Å². The number of hydrogen-bond donors (Lipinski definition) is 1. The Balaban J connectivity index is 1.84. The molecule has 0 heterocycles. The minimum absolute atomic E-state index is 0.139. The zero-order chi connectivity index (χ0) is 20.0. The number of nitrogens with one attached hydrogen (secondary N) is 1. The summed E-state index contributed by atoms with van der Waals surface area (Å²) in [4.78, 5) is 23.7. The molecule has 1 N–H and O–H groups in total. The van der Waals surface area contributed by atoms with Gasteiger partial charge in [0.25, 0.3) is 5.91 Å². The van der Waals surface area contributed by atoms with Gasteiger partial charge in [-0.05, 0) is 49.4 Å². The van der Waals surface area contributed by atoms with Crippen molar-refractivity contribution in [3.05, 3.63) is 59.1 Å². The summed E-state index contributed by atoms with van der Waals surface area (Å²) in [6.07, 6.45) is -5.65. The molecule has 0 radical (unpaired) electrons. The van der Waals surface area contributed by atoms with Gasteiger partial charge in [-0.1, -0.05) is 17.7 Å². The molecule has 5 nitrogen and oxygen atoms in total. The SMILES string of the molecule is C[C@H](OC(=O)COc1cccc(C(F)(F)F)c1)C(=O)Nc1ccc(Cl)cc1. The van der Waals surface area contributed by atoms with Gasteiger partial charge in [0.05, 0.1) is 5.56 Å². The van der Waals surface area contributed by atoms with Crippen molar-refractivity contribution in [2.24, 2.45) is 0 Å². The van der Waals surface area contributed by atoms with Gasteiger partial charge in [0.2, 0.25) is 0 Å². The third-order valence-electron chi connectivity index (χ3n) is 3.31. The quantitative estimate of drug-likeness (QED) is 0.733. The fourth-order valence-electron chi connectivity index (χ4n) is 1.97. The van der Waals surface area contributed by atoms with Crippen LogP contribution in [0.5, 0.6) is 5.75 Å². The molecule has 2 aromatic rings. The molecule has 0 bridgehead atoms. The fraction of sp³-hybridized carbons (Fsp3) is 0.222. The maximum Gasteiger partial charge on any atom is 0.416 e. The first-order valence-corrected chi connectivity index (χ1v) is 8.09. The molecule has 0 aliphatic rings. The molecule has 9 heteroatoms. The molecular weight excluding hydrogens is 387 g/mol. The van der Waals surface area contributed by atoms with E-state index in [1.165, 1.54) is 13.0 Å². The molecule has 0 saturated carbocycles. The van der Waals surface area contributed by atoms with E-state index in [0.29, 0.717) is 10.7 Å². The van der Waals surface area contributed by atoms with Crippen molar-refractivity contribution in [1.82, 2.24) is 0 Å². The zero-order valence-electron chi connectivity index (χ0n) is 14.0. The van der Waals surface area contributed by atoms with Crippen LogP contribution in [-0.4, -0.2) is 24.6 Å². The van der Waals surface area contributed by atoms with Crippen molar-refractivity contribution in [3.8, 4) is 5.75 Å². The van der Waals surface area contributed by atoms with Crippen LogP contribution in [0.4, 0.5) is 18.9 Å². The van der Waals surface area contributed by atoms with Crippen molar-refractivity contribution in [2.45, 2.75) is 19.2 Å². The van der Waals surface area contributed by atoms with E-state index in [1.807, 2.05) is 0 Å². The van der Waals surface area contributed by atoms with Gasteiger partial charge in [0.15, 0.2) is 12.7 Å². The average molecular weight is 402 g/mol. The van der Waals surface area contributed by atoms with Gasteiger partial charge in [0.1, 0.15) is 5.75 Å². The van der Waals surface area contributed by atoms with Gasteiger partial charge < -0.3 is 14.8 Å². The van der Waals surface area contributed by atoms with E-state index in [2.05, 4.69) is 5.32 Å². The van der Waals surface area contributed by atoms with Crippen LogP contribution in [-0.2, 0) is 20.5 Å². The molecular formula is C18H15ClF3NO4. The monoisotopic (exact) mass is 401 g/mol.